The maximum absolute atomic E-state index is 5.29. The molecule has 0 spiro atoms. The molecule has 242 valence electrons. The molecule has 8 aromatic carbocycles. The number of fused-ring (bicyclic) bond motifs is 9. The van der Waals surface area contributed by atoms with Gasteiger partial charge in [0.05, 0.1) is 33.3 Å². The summed E-state index contributed by atoms with van der Waals surface area (Å²) in [7, 11) is 0. The van der Waals surface area contributed by atoms with Crippen LogP contribution in [0.5, 0.6) is 0 Å². The molecule has 0 amide bonds. The standard InChI is InChI=1S/C48H30N4/c1-3-13-32(14-4-1)47-37-18-7-10-20-41(37)49-48(50-47)52-43-22-12-9-19-38(43)46-39-29-33(24-23-31(39)25-28-45(46)52)34-26-27-44-40(30-34)36-17-8-11-21-42(36)51(44)35-15-5-2-6-16-35/h1-30H. The molecule has 4 heteroatoms. The van der Waals surface area contributed by atoms with Crippen molar-refractivity contribution in [1.29, 1.82) is 0 Å². The lowest BCUT2D eigenvalue weighted by Gasteiger charge is -2.12. The third-order valence-corrected chi connectivity index (χ3v) is 10.5. The molecule has 0 saturated carbocycles. The molecule has 11 rings (SSSR count). The summed E-state index contributed by atoms with van der Waals surface area (Å²) in [4.78, 5) is 10.5. The van der Waals surface area contributed by atoms with Gasteiger partial charge >= 0.3 is 0 Å². The van der Waals surface area contributed by atoms with E-state index in [1.807, 2.05) is 12.1 Å². The van der Waals surface area contributed by atoms with Gasteiger partial charge in [-0.05, 0) is 76.5 Å². The van der Waals surface area contributed by atoms with Crippen LogP contribution in [0.25, 0.3) is 99.3 Å². The molecule has 0 fully saturated rings. The number of benzene rings is 8. The van der Waals surface area contributed by atoms with Crippen molar-refractivity contribution in [1.82, 2.24) is 19.1 Å². The van der Waals surface area contributed by atoms with Crippen LogP contribution in [0.2, 0.25) is 0 Å². The van der Waals surface area contributed by atoms with Crippen LogP contribution < -0.4 is 0 Å². The topological polar surface area (TPSA) is 35.6 Å². The van der Waals surface area contributed by atoms with E-state index in [-0.39, 0.29) is 0 Å². The zero-order valence-electron chi connectivity index (χ0n) is 28.1. The first-order chi connectivity index (χ1) is 25.8. The highest BCUT2D eigenvalue weighted by Crippen LogP contribution is 2.40. The molecule has 52 heavy (non-hydrogen) atoms. The molecule has 0 unspecified atom stereocenters. The molecule has 11 aromatic rings. The molecular formula is C48H30N4. The predicted octanol–water partition coefficient (Wildman–Crippen LogP) is 12.3. The molecule has 0 aliphatic heterocycles. The highest BCUT2D eigenvalue weighted by atomic mass is 15.2. The Morgan fingerprint density at radius 1 is 0.346 bits per heavy atom. The number of aromatic nitrogens is 4. The Labute approximate surface area is 299 Å². The van der Waals surface area contributed by atoms with Gasteiger partial charge < -0.3 is 4.57 Å². The second-order valence-corrected chi connectivity index (χ2v) is 13.4. The van der Waals surface area contributed by atoms with Gasteiger partial charge in [-0.2, -0.15) is 0 Å². The van der Waals surface area contributed by atoms with Crippen molar-refractivity contribution < 1.29 is 0 Å². The van der Waals surface area contributed by atoms with Gasteiger partial charge in [0.2, 0.25) is 5.95 Å². The van der Waals surface area contributed by atoms with Gasteiger partial charge in [0.1, 0.15) is 0 Å². The van der Waals surface area contributed by atoms with Gasteiger partial charge in [0.25, 0.3) is 0 Å². The number of nitrogens with zero attached hydrogens (tertiary/aromatic N) is 4. The number of hydrogen-bond acceptors (Lipinski definition) is 2. The van der Waals surface area contributed by atoms with Gasteiger partial charge in [-0.1, -0.05) is 127 Å². The van der Waals surface area contributed by atoms with E-state index in [4.69, 9.17) is 9.97 Å². The lowest BCUT2D eigenvalue weighted by Crippen LogP contribution is -2.03. The molecule has 0 saturated heterocycles. The second-order valence-electron chi connectivity index (χ2n) is 13.4. The Hall–Kier alpha value is -7.04. The lowest BCUT2D eigenvalue weighted by molar-refractivity contribution is 1.01. The van der Waals surface area contributed by atoms with Crippen molar-refractivity contribution in [3.63, 3.8) is 0 Å². The summed E-state index contributed by atoms with van der Waals surface area (Å²) in [5, 5.41) is 8.33. The number of rotatable bonds is 4. The Morgan fingerprint density at radius 2 is 0.923 bits per heavy atom. The van der Waals surface area contributed by atoms with Crippen molar-refractivity contribution in [3.8, 4) is 34.0 Å². The summed E-state index contributed by atoms with van der Waals surface area (Å²) in [6.45, 7) is 0. The van der Waals surface area contributed by atoms with E-state index < -0.39 is 0 Å². The molecule has 0 radical (unpaired) electrons. The summed E-state index contributed by atoms with van der Waals surface area (Å²) >= 11 is 0. The average molecular weight is 663 g/mol. The summed E-state index contributed by atoms with van der Waals surface area (Å²) in [6, 6.07) is 64.9. The zero-order chi connectivity index (χ0) is 34.2. The first-order valence-corrected chi connectivity index (χ1v) is 17.7. The SMILES string of the molecule is c1ccc(-c2nc(-n3c4ccccc4c4c5cc(-c6ccc7c(c6)c6ccccc6n7-c6ccccc6)ccc5ccc43)nc3ccccc23)cc1. The summed E-state index contributed by atoms with van der Waals surface area (Å²) < 4.78 is 4.60. The second kappa shape index (κ2) is 11.2. The van der Waals surface area contributed by atoms with Gasteiger partial charge in [0.15, 0.2) is 0 Å². The first-order valence-electron chi connectivity index (χ1n) is 17.7. The molecule has 4 nitrogen and oxygen atoms in total. The van der Waals surface area contributed by atoms with E-state index in [9.17, 15) is 0 Å². The van der Waals surface area contributed by atoms with E-state index in [2.05, 4.69) is 179 Å². The normalized spacial score (nSPS) is 11.8. The largest absolute Gasteiger partial charge is 0.309 e. The fraction of sp³-hybridized carbons (Fsp3) is 0. The summed E-state index contributed by atoms with van der Waals surface area (Å²) in [6.07, 6.45) is 0. The molecule has 0 N–H and O–H groups in total. The summed E-state index contributed by atoms with van der Waals surface area (Å²) in [5.41, 5.74) is 11.0. The maximum Gasteiger partial charge on any atom is 0.235 e. The van der Waals surface area contributed by atoms with Crippen molar-refractivity contribution in [2.45, 2.75) is 0 Å². The first kappa shape index (κ1) is 28.8. The minimum atomic E-state index is 0.666. The maximum atomic E-state index is 5.29. The Bertz CT molecular complexity index is 3170. The van der Waals surface area contributed by atoms with Crippen LogP contribution >= 0.6 is 0 Å². The lowest BCUT2D eigenvalue weighted by atomic mass is 9.97. The van der Waals surface area contributed by atoms with Gasteiger partial charge in [0, 0.05) is 38.2 Å². The molecule has 0 atom stereocenters. The van der Waals surface area contributed by atoms with E-state index in [1.165, 1.54) is 54.5 Å². The third kappa shape index (κ3) is 4.28. The van der Waals surface area contributed by atoms with E-state index in [1.54, 1.807) is 0 Å². The van der Waals surface area contributed by atoms with Crippen molar-refractivity contribution >= 4 is 65.3 Å². The van der Waals surface area contributed by atoms with Crippen LogP contribution in [-0.4, -0.2) is 19.1 Å². The van der Waals surface area contributed by atoms with Gasteiger partial charge in [-0.3, -0.25) is 4.57 Å². The van der Waals surface area contributed by atoms with Crippen LogP contribution in [0.1, 0.15) is 0 Å². The fourth-order valence-electron chi connectivity index (χ4n) is 8.17. The average Bonchev–Trinajstić information content (AvgIpc) is 3.74. The monoisotopic (exact) mass is 662 g/mol. The molecule has 3 aromatic heterocycles. The van der Waals surface area contributed by atoms with Crippen molar-refractivity contribution in [2.75, 3.05) is 0 Å². The van der Waals surface area contributed by atoms with Crippen LogP contribution in [0.3, 0.4) is 0 Å². The minimum absolute atomic E-state index is 0.666. The fourth-order valence-corrected chi connectivity index (χ4v) is 8.17. The smallest absolute Gasteiger partial charge is 0.235 e. The van der Waals surface area contributed by atoms with E-state index in [0.29, 0.717) is 5.95 Å². The Balaban J connectivity index is 1.14. The predicted molar refractivity (Wildman–Crippen MR) is 217 cm³/mol. The van der Waals surface area contributed by atoms with Gasteiger partial charge in [-0.15, -0.1) is 0 Å². The Kier molecular flexibility index (Phi) is 6.22. The number of hydrogen-bond donors (Lipinski definition) is 0. The zero-order valence-corrected chi connectivity index (χ0v) is 28.1. The van der Waals surface area contributed by atoms with Crippen molar-refractivity contribution in [2.24, 2.45) is 0 Å². The van der Waals surface area contributed by atoms with Crippen LogP contribution in [0.15, 0.2) is 182 Å². The van der Waals surface area contributed by atoms with Crippen LogP contribution in [0, 0.1) is 0 Å². The number of para-hydroxylation sites is 4. The highest BCUT2D eigenvalue weighted by molar-refractivity contribution is 6.22. The van der Waals surface area contributed by atoms with E-state index >= 15 is 0 Å². The van der Waals surface area contributed by atoms with E-state index in [0.717, 1.165) is 38.9 Å². The molecule has 0 aliphatic rings. The molecule has 0 bridgehead atoms. The molecule has 0 aliphatic carbocycles. The van der Waals surface area contributed by atoms with Crippen LogP contribution in [0.4, 0.5) is 0 Å². The minimum Gasteiger partial charge on any atom is -0.309 e. The highest BCUT2D eigenvalue weighted by Gasteiger charge is 2.19. The quantitative estimate of drug-likeness (QED) is 0.188. The summed E-state index contributed by atoms with van der Waals surface area (Å²) in [5.74, 6) is 0.666. The van der Waals surface area contributed by atoms with Gasteiger partial charge in [-0.25, -0.2) is 9.97 Å². The van der Waals surface area contributed by atoms with Crippen LogP contribution in [-0.2, 0) is 0 Å². The Morgan fingerprint density at radius 3 is 1.73 bits per heavy atom. The molecular weight excluding hydrogens is 633 g/mol. The van der Waals surface area contributed by atoms with Crippen molar-refractivity contribution in [3.05, 3.63) is 182 Å². The molecule has 3 heterocycles. The third-order valence-electron chi connectivity index (χ3n) is 10.5.